The molecule has 0 aliphatic heterocycles. The fourth-order valence-electron chi connectivity index (χ4n) is 0.918. The Morgan fingerprint density at radius 2 is 1.12 bits per heavy atom. The van der Waals surface area contributed by atoms with Crippen LogP contribution in [0.25, 0.3) is 0 Å². The van der Waals surface area contributed by atoms with Crippen LogP contribution in [-0.2, 0) is 9.59 Å². The second-order valence-electron chi connectivity index (χ2n) is 2.96. The maximum atomic E-state index is 10.3. The predicted molar refractivity (Wildman–Crippen MR) is 64.9 cm³/mol. The summed E-state index contributed by atoms with van der Waals surface area (Å²) in [4.78, 5) is 20.6. The van der Waals surface area contributed by atoms with E-state index >= 15 is 0 Å². The number of carbonyl (C=O) groups is 2. The van der Waals surface area contributed by atoms with E-state index in [1.54, 1.807) is 0 Å². The van der Waals surface area contributed by atoms with Gasteiger partial charge in [-0.1, -0.05) is 6.07 Å². The topological polar surface area (TPSA) is 34.1 Å². The first-order chi connectivity index (χ1) is 7.18. The number of hydrogen-bond acceptors (Lipinski definition) is 2. The van der Waals surface area contributed by atoms with Crippen LogP contribution in [0.2, 0.25) is 0 Å². The summed E-state index contributed by atoms with van der Waals surface area (Å²) in [6.45, 7) is 3.72. The Hall–Kier alpha value is -1.03. The van der Waals surface area contributed by atoms with Gasteiger partial charge in [0.05, 0.1) is 0 Å². The average molecular weight is 259 g/mol. The zero-order chi connectivity index (χ0) is 11.1. The molecular weight excluding hydrogens is 248 g/mol. The molecule has 1 aromatic rings. The molecule has 0 spiro atoms. The van der Waals surface area contributed by atoms with E-state index in [1.165, 1.54) is 24.3 Å². The molecule has 84 valence electrons. The van der Waals surface area contributed by atoms with Gasteiger partial charge in [0, 0.05) is 0 Å². The summed E-state index contributed by atoms with van der Waals surface area (Å²) in [7, 11) is 0. The van der Waals surface area contributed by atoms with E-state index in [1.807, 2.05) is 30.3 Å². The zero-order valence-electron chi connectivity index (χ0n) is 9.30. The molecule has 0 aromatic heterocycles. The summed E-state index contributed by atoms with van der Waals surface area (Å²) in [5, 5.41) is 0. The molecule has 4 heteroatoms. The normalized spacial score (nSPS) is 11.8. The molecule has 0 bridgehead atoms. The van der Waals surface area contributed by atoms with Crippen LogP contribution in [-0.4, -0.2) is 34.6 Å². The molecule has 0 unspecified atom stereocenters. The number of halogens is 1. The maximum absolute atomic E-state index is 10.3. The van der Waals surface area contributed by atoms with Crippen LogP contribution in [0.3, 0.4) is 0 Å². The fourth-order valence-corrected chi connectivity index (χ4v) is 0.918. The van der Waals surface area contributed by atoms with Crippen molar-refractivity contribution in [3.63, 3.8) is 0 Å². The average Bonchev–Trinajstić information content (AvgIpc) is 2.25. The van der Waals surface area contributed by atoms with E-state index in [0.717, 1.165) is 5.56 Å². The molecule has 0 N–H and O–H groups in total. The molecule has 1 aliphatic rings. The van der Waals surface area contributed by atoms with Crippen LogP contribution in [0.5, 0.6) is 0 Å². The van der Waals surface area contributed by atoms with Gasteiger partial charge >= 0.3 is 23.1 Å². The van der Waals surface area contributed by atoms with Crippen molar-refractivity contribution in [3.8, 4) is 0 Å². The third-order valence-electron chi connectivity index (χ3n) is 1.67. The Bertz CT molecular complexity index is 373. The maximum Gasteiger partial charge on any atom is 2.00 e. The van der Waals surface area contributed by atoms with Crippen molar-refractivity contribution in [1.29, 1.82) is 0 Å². The molecule has 0 atom stereocenters. The van der Waals surface area contributed by atoms with E-state index in [-0.39, 0.29) is 47.0 Å². The van der Waals surface area contributed by atoms with Gasteiger partial charge in [-0.05, 0) is 24.3 Å². The van der Waals surface area contributed by atoms with Gasteiger partial charge in [0.2, 0.25) is 0 Å². The minimum Gasteiger partial charge on any atom is -1.00 e. The van der Waals surface area contributed by atoms with Gasteiger partial charge in [0.25, 0.3) is 0 Å². The summed E-state index contributed by atoms with van der Waals surface area (Å²) in [6, 6.07) is 9.87. The Morgan fingerprint density at radius 3 is 1.35 bits per heavy atom. The first kappa shape index (κ1) is 18.3. The Labute approximate surface area is 123 Å². The van der Waals surface area contributed by atoms with E-state index in [4.69, 9.17) is 0 Å². The smallest absolute Gasteiger partial charge is 1.00 e. The number of rotatable bonds is 0. The quantitative estimate of drug-likeness (QED) is 0.331. The van der Waals surface area contributed by atoms with Crippen molar-refractivity contribution in [2.45, 2.75) is 0 Å². The first-order valence-electron chi connectivity index (χ1n) is 4.49. The van der Waals surface area contributed by atoms with Gasteiger partial charge in [-0.15, -0.1) is 12.1 Å². The summed E-state index contributed by atoms with van der Waals surface area (Å²) < 4.78 is 0. The third kappa shape index (κ3) is 8.74. The second-order valence-corrected chi connectivity index (χ2v) is 2.96. The molecule has 1 aliphatic carbocycles. The molecule has 0 saturated heterocycles. The number of hydrogen-bond donors (Lipinski definition) is 0. The molecule has 0 amide bonds. The summed E-state index contributed by atoms with van der Waals surface area (Å²) in [5.41, 5.74) is 1.07. The number of allylic oxidation sites excluding steroid dienone is 4. The van der Waals surface area contributed by atoms with Gasteiger partial charge in [-0.25, -0.2) is 0 Å². The van der Waals surface area contributed by atoms with Crippen molar-refractivity contribution in [3.05, 3.63) is 67.1 Å². The number of carbonyl (C=O) groups excluding carboxylic acids is 2. The Kier molecular flexibility index (Phi) is 10.9. The molecule has 1 aromatic carbocycles. The molecule has 0 saturated carbocycles. The van der Waals surface area contributed by atoms with Crippen molar-refractivity contribution in [2.24, 2.45) is 0 Å². The SMILES string of the molecule is O=C1C=CC(=O)C=C1.[CH2-]c1ccccc1.[Cl-].[Mg+2]. The Morgan fingerprint density at radius 1 is 0.765 bits per heavy atom. The summed E-state index contributed by atoms with van der Waals surface area (Å²) >= 11 is 0. The summed E-state index contributed by atoms with van der Waals surface area (Å²) in [6.07, 6.45) is 5.01. The van der Waals surface area contributed by atoms with Crippen LogP contribution in [0.4, 0.5) is 0 Å². The largest absolute Gasteiger partial charge is 2.00 e. The van der Waals surface area contributed by atoms with E-state index in [2.05, 4.69) is 6.92 Å². The number of benzene rings is 1. The monoisotopic (exact) mass is 258 g/mol. The van der Waals surface area contributed by atoms with Gasteiger partial charge < -0.3 is 12.4 Å². The number of ketones is 2. The van der Waals surface area contributed by atoms with E-state index in [9.17, 15) is 9.59 Å². The van der Waals surface area contributed by atoms with Crippen LogP contribution < -0.4 is 12.4 Å². The van der Waals surface area contributed by atoms with Crippen LogP contribution in [0.15, 0.2) is 54.6 Å². The second kappa shape index (κ2) is 10.1. The van der Waals surface area contributed by atoms with Crippen molar-refractivity contribution >= 4 is 34.6 Å². The molecule has 2 rings (SSSR count). The Balaban J connectivity index is 0. The van der Waals surface area contributed by atoms with Crippen molar-refractivity contribution in [2.75, 3.05) is 0 Å². The minimum absolute atomic E-state index is 0. The third-order valence-corrected chi connectivity index (χ3v) is 1.67. The van der Waals surface area contributed by atoms with Crippen molar-refractivity contribution < 1.29 is 22.0 Å². The first-order valence-corrected chi connectivity index (χ1v) is 4.49. The standard InChI is InChI=1S/C7H7.C6H4O2.ClH.Mg/c1-7-5-3-2-4-6-7;7-5-1-2-6(8)4-3-5;;/h2-6H,1H2;1-4H;1H;/q-1;;;+2/p-1. The van der Waals surface area contributed by atoms with E-state index in [0.29, 0.717) is 0 Å². The molecule has 0 heterocycles. The van der Waals surface area contributed by atoms with Crippen molar-refractivity contribution in [1.82, 2.24) is 0 Å². The van der Waals surface area contributed by atoms with Crippen LogP contribution in [0.1, 0.15) is 5.56 Å². The minimum atomic E-state index is -0.121. The molecular formula is C13H11ClMgO2. The molecule has 0 fully saturated rings. The van der Waals surface area contributed by atoms with Gasteiger partial charge in [0.15, 0.2) is 11.6 Å². The van der Waals surface area contributed by atoms with Crippen LogP contribution in [0, 0.1) is 6.92 Å². The zero-order valence-corrected chi connectivity index (χ0v) is 11.5. The van der Waals surface area contributed by atoms with Gasteiger partial charge in [0.1, 0.15) is 0 Å². The molecule has 2 nitrogen and oxygen atoms in total. The predicted octanol–water partition coefficient (Wildman–Crippen LogP) is -1.26. The van der Waals surface area contributed by atoms with Crippen LogP contribution >= 0.6 is 0 Å². The summed E-state index contributed by atoms with van der Waals surface area (Å²) in [5.74, 6) is -0.241. The van der Waals surface area contributed by atoms with Gasteiger partial charge in [-0.2, -0.15) is 24.6 Å². The van der Waals surface area contributed by atoms with Gasteiger partial charge in [-0.3, -0.25) is 9.59 Å². The molecule has 0 radical (unpaired) electrons. The fraction of sp³-hybridized carbons (Fsp3) is 0. The molecule has 17 heavy (non-hydrogen) atoms. The van der Waals surface area contributed by atoms with E-state index < -0.39 is 0 Å².